The van der Waals surface area contributed by atoms with Crippen molar-refractivity contribution in [2.45, 2.75) is 13.3 Å². The van der Waals surface area contributed by atoms with E-state index in [2.05, 4.69) is 12.0 Å². The lowest BCUT2D eigenvalue weighted by atomic mass is 9.98. The van der Waals surface area contributed by atoms with Crippen molar-refractivity contribution >= 4 is 47.2 Å². The van der Waals surface area contributed by atoms with Crippen molar-refractivity contribution in [1.82, 2.24) is 5.01 Å². The van der Waals surface area contributed by atoms with E-state index in [-0.39, 0.29) is 18.3 Å². The molecule has 26 heavy (non-hydrogen) atoms. The number of halogens is 3. The van der Waals surface area contributed by atoms with Gasteiger partial charge in [0.1, 0.15) is 11.6 Å². The lowest BCUT2D eigenvalue weighted by molar-refractivity contribution is 0.414. The number of amidine groups is 1. The Bertz CT molecular complexity index is 821. The molecule has 0 radical (unpaired) electrons. The second kappa shape index (κ2) is 8.76. The third-order valence-corrected chi connectivity index (χ3v) is 4.74. The van der Waals surface area contributed by atoms with E-state index in [9.17, 15) is 0 Å². The smallest absolute Gasteiger partial charge is 0.146 e. The lowest BCUT2D eigenvalue weighted by Gasteiger charge is -2.15. The first-order chi connectivity index (χ1) is 12.0. The van der Waals surface area contributed by atoms with Crippen LogP contribution in [-0.2, 0) is 6.42 Å². The molecule has 2 aromatic rings. The van der Waals surface area contributed by atoms with Crippen LogP contribution in [0.1, 0.15) is 18.1 Å². The zero-order valence-corrected chi connectivity index (χ0v) is 16.8. The molecule has 3 rings (SSSR count). The van der Waals surface area contributed by atoms with Crippen LogP contribution in [-0.4, -0.2) is 30.2 Å². The van der Waals surface area contributed by atoms with E-state index in [4.69, 9.17) is 33.3 Å². The van der Waals surface area contributed by atoms with Crippen molar-refractivity contribution < 1.29 is 4.74 Å². The fourth-order valence-electron chi connectivity index (χ4n) is 2.91. The number of hydrazone groups is 1. The molecule has 1 aliphatic heterocycles. The summed E-state index contributed by atoms with van der Waals surface area (Å²) in [5.41, 5.74) is 2.80. The van der Waals surface area contributed by atoms with Gasteiger partial charge in [0.25, 0.3) is 0 Å². The minimum absolute atomic E-state index is 0. The number of hydrogen-bond acceptors (Lipinski definition) is 3. The first kappa shape index (κ1) is 20.6. The molecule has 1 N–H and O–H groups in total. The SMILES string of the molecule is COc1c(Cl)cccc1C1=NN(C(=N)Cc2ccc(Cl)cc2)CC1C.Cl. The maximum Gasteiger partial charge on any atom is 0.146 e. The molecule has 0 aliphatic carbocycles. The fraction of sp³-hybridized carbons (Fsp3) is 0.263. The number of para-hydroxylation sites is 1. The van der Waals surface area contributed by atoms with Gasteiger partial charge < -0.3 is 4.74 Å². The predicted molar refractivity (Wildman–Crippen MR) is 111 cm³/mol. The number of nitrogens with one attached hydrogen (secondary N) is 1. The highest BCUT2D eigenvalue weighted by Gasteiger charge is 2.28. The second-order valence-electron chi connectivity index (χ2n) is 6.04. The average molecular weight is 413 g/mol. The molecule has 0 spiro atoms. The van der Waals surface area contributed by atoms with Crippen molar-refractivity contribution in [2.24, 2.45) is 11.0 Å². The fourth-order valence-corrected chi connectivity index (χ4v) is 3.29. The molecular weight excluding hydrogens is 393 g/mol. The highest BCUT2D eigenvalue weighted by Crippen LogP contribution is 2.32. The molecule has 0 amide bonds. The van der Waals surface area contributed by atoms with Crippen LogP contribution in [0.25, 0.3) is 0 Å². The Morgan fingerprint density at radius 1 is 1.23 bits per heavy atom. The predicted octanol–water partition coefficient (Wildman–Crippen LogP) is 5.30. The van der Waals surface area contributed by atoms with E-state index in [0.717, 1.165) is 16.8 Å². The van der Waals surface area contributed by atoms with Crippen LogP contribution in [0.2, 0.25) is 10.0 Å². The monoisotopic (exact) mass is 411 g/mol. The van der Waals surface area contributed by atoms with Gasteiger partial charge in [0.05, 0.1) is 24.4 Å². The van der Waals surface area contributed by atoms with Crippen LogP contribution in [0.15, 0.2) is 47.6 Å². The largest absolute Gasteiger partial charge is 0.494 e. The third-order valence-electron chi connectivity index (χ3n) is 4.19. The Balaban J connectivity index is 0.00000243. The summed E-state index contributed by atoms with van der Waals surface area (Å²) < 4.78 is 5.44. The molecule has 138 valence electrons. The molecule has 1 heterocycles. The quantitative estimate of drug-likeness (QED) is 0.547. The Kier molecular flexibility index (Phi) is 6.93. The summed E-state index contributed by atoms with van der Waals surface area (Å²) >= 11 is 12.1. The van der Waals surface area contributed by atoms with Gasteiger partial charge in [-0.25, -0.2) is 0 Å². The first-order valence-corrected chi connectivity index (χ1v) is 8.76. The molecule has 0 fully saturated rings. The number of benzene rings is 2. The highest BCUT2D eigenvalue weighted by atomic mass is 35.5. The molecule has 1 aliphatic rings. The first-order valence-electron chi connectivity index (χ1n) is 8.00. The average Bonchev–Trinajstić information content (AvgIpc) is 2.98. The van der Waals surface area contributed by atoms with Gasteiger partial charge >= 0.3 is 0 Å². The zero-order chi connectivity index (χ0) is 18.0. The summed E-state index contributed by atoms with van der Waals surface area (Å²) in [5, 5.41) is 16.1. The van der Waals surface area contributed by atoms with Crippen LogP contribution < -0.4 is 4.74 Å². The normalized spacial score (nSPS) is 16.1. The summed E-state index contributed by atoms with van der Waals surface area (Å²) in [6, 6.07) is 13.2. The van der Waals surface area contributed by atoms with Crippen molar-refractivity contribution in [1.29, 1.82) is 5.41 Å². The van der Waals surface area contributed by atoms with Gasteiger partial charge in [0, 0.05) is 22.9 Å². The second-order valence-corrected chi connectivity index (χ2v) is 6.88. The van der Waals surface area contributed by atoms with Crippen LogP contribution in [0.4, 0.5) is 0 Å². The Labute approximate surface area is 169 Å². The molecule has 1 atom stereocenters. The van der Waals surface area contributed by atoms with Crippen molar-refractivity contribution in [3.05, 3.63) is 63.6 Å². The minimum Gasteiger partial charge on any atom is -0.494 e. The molecule has 7 heteroatoms. The van der Waals surface area contributed by atoms with Gasteiger partial charge in [-0.05, 0) is 29.8 Å². The molecule has 1 unspecified atom stereocenters. The zero-order valence-electron chi connectivity index (χ0n) is 14.5. The van der Waals surface area contributed by atoms with E-state index < -0.39 is 0 Å². The van der Waals surface area contributed by atoms with E-state index in [1.807, 2.05) is 36.4 Å². The van der Waals surface area contributed by atoms with E-state index in [0.29, 0.717) is 34.6 Å². The van der Waals surface area contributed by atoms with Crippen LogP contribution in [0, 0.1) is 11.3 Å². The van der Waals surface area contributed by atoms with Gasteiger partial charge in [-0.3, -0.25) is 10.4 Å². The molecular formula is C19H20Cl3N3O. The van der Waals surface area contributed by atoms with Crippen molar-refractivity contribution in [3.8, 4) is 5.75 Å². The molecule has 0 bridgehead atoms. The summed E-state index contributed by atoms with van der Waals surface area (Å²) in [6.45, 7) is 2.76. The van der Waals surface area contributed by atoms with Crippen molar-refractivity contribution in [3.63, 3.8) is 0 Å². The number of methoxy groups -OCH3 is 1. The van der Waals surface area contributed by atoms with Crippen LogP contribution >= 0.6 is 35.6 Å². The van der Waals surface area contributed by atoms with Gasteiger partial charge in [0.2, 0.25) is 0 Å². The Morgan fingerprint density at radius 2 is 1.92 bits per heavy atom. The summed E-state index contributed by atoms with van der Waals surface area (Å²) in [4.78, 5) is 0. The Hall–Kier alpha value is -1.75. The number of nitrogens with zero attached hydrogens (tertiary/aromatic N) is 2. The number of hydrogen-bond donors (Lipinski definition) is 1. The van der Waals surface area contributed by atoms with Gasteiger partial charge in [0.15, 0.2) is 0 Å². The topological polar surface area (TPSA) is 48.7 Å². The van der Waals surface area contributed by atoms with Gasteiger partial charge in [-0.15, -0.1) is 12.4 Å². The van der Waals surface area contributed by atoms with Gasteiger partial charge in [-0.1, -0.05) is 48.3 Å². The van der Waals surface area contributed by atoms with Crippen LogP contribution in [0.5, 0.6) is 5.75 Å². The van der Waals surface area contributed by atoms with E-state index in [1.165, 1.54) is 0 Å². The molecule has 4 nitrogen and oxygen atoms in total. The van der Waals surface area contributed by atoms with E-state index in [1.54, 1.807) is 18.2 Å². The lowest BCUT2D eigenvalue weighted by Crippen LogP contribution is -2.26. The summed E-state index contributed by atoms with van der Waals surface area (Å²) in [5.74, 6) is 1.25. The minimum atomic E-state index is 0. The molecule has 2 aromatic carbocycles. The number of ether oxygens (including phenoxy) is 1. The molecule has 0 saturated carbocycles. The molecule has 0 saturated heterocycles. The maximum atomic E-state index is 8.39. The maximum absolute atomic E-state index is 8.39. The van der Waals surface area contributed by atoms with Crippen molar-refractivity contribution in [2.75, 3.05) is 13.7 Å². The third kappa shape index (κ3) is 4.32. The van der Waals surface area contributed by atoms with E-state index >= 15 is 0 Å². The summed E-state index contributed by atoms with van der Waals surface area (Å²) in [7, 11) is 1.60. The van der Waals surface area contributed by atoms with Crippen LogP contribution in [0.3, 0.4) is 0 Å². The highest BCUT2D eigenvalue weighted by molar-refractivity contribution is 6.33. The number of rotatable bonds is 4. The summed E-state index contributed by atoms with van der Waals surface area (Å²) in [6.07, 6.45) is 0.507. The Morgan fingerprint density at radius 3 is 2.58 bits per heavy atom. The standard InChI is InChI=1S/C19H19Cl2N3O.ClH/c1-12-11-24(17(22)10-13-6-8-14(20)9-7-13)23-18(12)15-4-3-5-16(21)19(15)25-2;/h3-9,12,22H,10-11H2,1-2H3;1H. The van der Waals surface area contributed by atoms with Gasteiger partial charge in [-0.2, -0.15) is 5.10 Å². The molecule has 0 aromatic heterocycles.